The summed E-state index contributed by atoms with van der Waals surface area (Å²) >= 11 is 1.13. The van der Waals surface area contributed by atoms with Crippen LogP contribution in [0.5, 0.6) is 0 Å². The van der Waals surface area contributed by atoms with Gasteiger partial charge >= 0.3 is 11.9 Å². The number of anilines is 2. The number of hydrogen-bond acceptors (Lipinski definition) is 7. The van der Waals surface area contributed by atoms with E-state index in [9.17, 15) is 9.59 Å². The fourth-order valence-electron chi connectivity index (χ4n) is 2.37. The van der Waals surface area contributed by atoms with Gasteiger partial charge in [-0.15, -0.1) is 11.3 Å². The molecule has 0 aliphatic heterocycles. The van der Waals surface area contributed by atoms with Crippen LogP contribution in [0.1, 0.15) is 46.2 Å². The van der Waals surface area contributed by atoms with Gasteiger partial charge in [-0.2, -0.15) is 0 Å². The Morgan fingerprint density at radius 2 is 1.90 bits per heavy atom. The molecule has 3 N–H and O–H groups in total. The number of rotatable bonds is 5. The van der Waals surface area contributed by atoms with Crippen LogP contribution in [-0.4, -0.2) is 32.7 Å². The van der Waals surface area contributed by atoms with E-state index in [2.05, 4.69) is 17.0 Å². The summed E-state index contributed by atoms with van der Waals surface area (Å²) in [5, 5.41) is 3.80. The summed E-state index contributed by atoms with van der Waals surface area (Å²) < 4.78 is 9.44. The van der Waals surface area contributed by atoms with Gasteiger partial charge in [0.1, 0.15) is 15.4 Å². The Morgan fingerprint density at radius 1 is 1.29 bits per heavy atom. The lowest BCUT2D eigenvalue weighted by Crippen LogP contribution is -2.33. The number of esters is 2. The Kier molecular flexibility index (Phi) is 4.41. The van der Waals surface area contributed by atoms with Crippen LogP contribution in [0.15, 0.2) is 0 Å². The van der Waals surface area contributed by atoms with Gasteiger partial charge in [0.15, 0.2) is 0 Å². The molecule has 0 amide bonds. The summed E-state index contributed by atoms with van der Waals surface area (Å²) in [5.74, 6) is -1.11. The molecule has 0 radical (unpaired) electrons. The molecule has 116 valence electrons. The standard InChI is InChI=1S/C14H20N2O4S/c1-14(5-4-6-14)7-16-11-8(12(17)19-2)9(15)10(21-11)13(18)20-3/h16H,4-7,15H2,1-3H3. The highest BCUT2D eigenvalue weighted by Gasteiger charge is 2.33. The molecule has 21 heavy (non-hydrogen) atoms. The van der Waals surface area contributed by atoms with Crippen LogP contribution in [0.4, 0.5) is 10.7 Å². The highest BCUT2D eigenvalue weighted by atomic mass is 32.1. The predicted octanol–water partition coefficient (Wildman–Crippen LogP) is 2.51. The third-order valence-corrected chi connectivity index (χ3v) is 5.09. The smallest absolute Gasteiger partial charge is 0.350 e. The summed E-state index contributed by atoms with van der Waals surface area (Å²) in [4.78, 5) is 23.8. The lowest BCUT2D eigenvalue weighted by atomic mass is 9.70. The maximum atomic E-state index is 11.9. The first-order valence-electron chi connectivity index (χ1n) is 6.74. The van der Waals surface area contributed by atoms with E-state index < -0.39 is 11.9 Å². The number of nitrogen functional groups attached to an aromatic ring is 1. The zero-order valence-corrected chi connectivity index (χ0v) is 13.3. The zero-order chi connectivity index (χ0) is 15.6. The second-order valence-corrected chi connectivity index (χ2v) is 6.57. The van der Waals surface area contributed by atoms with Crippen LogP contribution in [-0.2, 0) is 9.47 Å². The van der Waals surface area contributed by atoms with E-state index in [0.717, 1.165) is 30.7 Å². The second-order valence-electron chi connectivity index (χ2n) is 5.55. The molecular formula is C14H20N2O4S. The van der Waals surface area contributed by atoms with Gasteiger partial charge < -0.3 is 20.5 Å². The molecule has 1 aromatic heterocycles. The van der Waals surface area contributed by atoms with Crippen molar-refractivity contribution in [2.75, 3.05) is 31.8 Å². The van der Waals surface area contributed by atoms with Crippen molar-refractivity contribution in [1.82, 2.24) is 0 Å². The molecule has 1 aliphatic rings. The van der Waals surface area contributed by atoms with E-state index in [1.165, 1.54) is 20.6 Å². The molecule has 0 bridgehead atoms. The number of hydrogen-bond donors (Lipinski definition) is 2. The van der Waals surface area contributed by atoms with Gasteiger partial charge in [-0.25, -0.2) is 9.59 Å². The number of thiophene rings is 1. The Hall–Kier alpha value is -1.76. The highest BCUT2D eigenvalue weighted by molar-refractivity contribution is 7.19. The largest absolute Gasteiger partial charge is 0.465 e. The molecule has 1 aromatic rings. The monoisotopic (exact) mass is 312 g/mol. The van der Waals surface area contributed by atoms with E-state index in [1.54, 1.807) is 0 Å². The summed E-state index contributed by atoms with van der Waals surface area (Å²) in [6.07, 6.45) is 3.53. The van der Waals surface area contributed by atoms with Gasteiger partial charge in [-0.05, 0) is 18.3 Å². The molecular weight excluding hydrogens is 292 g/mol. The molecule has 1 fully saturated rings. The topological polar surface area (TPSA) is 90.6 Å². The molecule has 0 spiro atoms. The normalized spacial score (nSPS) is 16.0. The molecule has 1 aliphatic carbocycles. The Balaban J connectivity index is 2.29. The van der Waals surface area contributed by atoms with Crippen LogP contribution < -0.4 is 11.1 Å². The fourth-order valence-corrected chi connectivity index (χ4v) is 3.39. The number of nitrogens with two attached hydrogens (primary N) is 1. The van der Waals surface area contributed by atoms with E-state index in [4.69, 9.17) is 10.5 Å². The van der Waals surface area contributed by atoms with E-state index in [1.807, 2.05) is 0 Å². The number of carbonyl (C=O) groups excluding carboxylic acids is 2. The lowest BCUT2D eigenvalue weighted by Gasteiger charge is -2.38. The fraction of sp³-hybridized carbons (Fsp3) is 0.571. The van der Waals surface area contributed by atoms with Crippen LogP contribution in [0, 0.1) is 5.41 Å². The van der Waals surface area contributed by atoms with Crippen LogP contribution in [0.2, 0.25) is 0 Å². The van der Waals surface area contributed by atoms with Crippen molar-refractivity contribution >= 4 is 34.0 Å². The van der Waals surface area contributed by atoms with Crippen molar-refractivity contribution in [2.45, 2.75) is 26.2 Å². The number of methoxy groups -OCH3 is 2. The number of nitrogens with one attached hydrogen (secondary N) is 1. The average Bonchev–Trinajstić information content (AvgIpc) is 2.78. The molecule has 6 nitrogen and oxygen atoms in total. The predicted molar refractivity (Wildman–Crippen MR) is 81.9 cm³/mol. The van der Waals surface area contributed by atoms with Crippen molar-refractivity contribution in [2.24, 2.45) is 5.41 Å². The molecule has 1 heterocycles. The van der Waals surface area contributed by atoms with Gasteiger partial charge in [0.05, 0.1) is 19.9 Å². The maximum absolute atomic E-state index is 11.9. The summed E-state index contributed by atoms with van der Waals surface area (Å²) in [6.45, 7) is 2.93. The Bertz CT molecular complexity index is 564. The third kappa shape index (κ3) is 2.97. The summed E-state index contributed by atoms with van der Waals surface area (Å²) in [7, 11) is 2.57. The van der Waals surface area contributed by atoms with Gasteiger partial charge in [-0.1, -0.05) is 13.3 Å². The number of carbonyl (C=O) groups is 2. The first-order chi connectivity index (χ1) is 9.91. The SMILES string of the molecule is COC(=O)c1sc(NCC2(C)CCC2)c(C(=O)OC)c1N. The molecule has 0 aromatic carbocycles. The first-order valence-corrected chi connectivity index (χ1v) is 7.56. The van der Waals surface area contributed by atoms with Crippen LogP contribution in [0.3, 0.4) is 0 Å². The third-order valence-electron chi connectivity index (χ3n) is 3.94. The molecule has 7 heteroatoms. The molecule has 0 unspecified atom stereocenters. The Morgan fingerprint density at radius 3 is 2.38 bits per heavy atom. The van der Waals surface area contributed by atoms with Crippen molar-refractivity contribution < 1.29 is 19.1 Å². The summed E-state index contributed by atoms with van der Waals surface area (Å²) in [6, 6.07) is 0. The second kappa shape index (κ2) is 5.93. The lowest BCUT2D eigenvalue weighted by molar-refractivity contribution is 0.0602. The minimum atomic E-state index is -0.555. The van der Waals surface area contributed by atoms with Crippen LogP contribution in [0.25, 0.3) is 0 Å². The minimum Gasteiger partial charge on any atom is -0.465 e. The minimum absolute atomic E-state index is 0.111. The highest BCUT2D eigenvalue weighted by Crippen LogP contribution is 2.42. The summed E-state index contributed by atoms with van der Waals surface area (Å²) in [5.41, 5.74) is 6.47. The van der Waals surface area contributed by atoms with Crippen molar-refractivity contribution in [1.29, 1.82) is 0 Å². The van der Waals surface area contributed by atoms with Gasteiger partial charge in [0.2, 0.25) is 0 Å². The Labute approximate surface area is 127 Å². The van der Waals surface area contributed by atoms with Crippen molar-refractivity contribution in [3.05, 3.63) is 10.4 Å². The van der Waals surface area contributed by atoms with Crippen LogP contribution >= 0.6 is 11.3 Å². The maximum Gasteiger partial charge on any atom is 0.350 e. The number of ether oxygens (including phenoxy) is 2. The molecule has 0 atom stereocenters. The average molecular weight is 312 g/mol. The van der Waals surface area contributed by atoms with Gasteiger partial charge in [0.25, 0.3) is 0 Å². The quantitative estimate of drug-likeness (QED) is 0.812. The van der Waals surface area contributed by atoms with E-state index in [-0.39, 0.29) is 21.5 Å². The van der Waals surface area contributed by atoms with E-state index >= 15 is 0 Å². The molecule has 2 rings (SSSR count). The molecule has 0 saturated heterocycles. The first kappa shape index (κ1) is 15.6. The van der Waals surface area contributed by atoms with E-state index in [0.29, 0.717) is 5.00 Å². The van der Waals surface area contributed by atoms with Crippen molar-refractivity contribution in [3.63, 3.8) is 0 Å². The van der Waals surface area contributed by atoms with Gasteiger partial charge in [0, 0.05) is 6.54 Å². The zero-order valence-electron chi connectivity index (χ0n) is 12.4. The van der Waals surface area contributed by atoms with Gasteiger partial charge in [-0.3, -0.25) is 0 Å². The van der Waals surface area contributed by atoms with Crippen molar-refractivity contribution in [3.8, 4) is 0 Å². The molecule has 1 saturated carbocycles.